The summed E-state index contributed by atoms with van der Waals surface area (Å²) >= 11 is 0. The third-order valence-corrected chi connectivity index (χ3v) is 3.01. The van der Waals surface area contributed by atoms with Gasteiger partial charge in [0.05, 0.1) is 11.3 Å². The molecule has 0 saturated heterocycles. The van der Waals surface area contributed by atoms with Crippen LogP contribution >= 0.6 is 0 Å². The van der Waals surface area contributed by atoms with Crippen LogP contribution < -0.4 is 10.6 Å². The molecule has 0 bridgehead atoms. The van der Waals surface area contributed by atoms with Crippen molar-refractivity contribution in [3.05, 3.63) is 53.3 Å². The Balaban J connectivity index is 2.25. The quantitative estimate of drug-likeness (QED) is 0.902. The molecule has 0 unspecified atom stereocenters. The second-order valence-corrected chi connectivity index (χ2v) is 4.52. The Morgan fingerprint density at radius 3 is 2.90 bits per heavy atom. The highest BCUT2D eigenvalue weighted by Crippen LogP contribution is 2.19. The number of rotatable bonds is 4. The predicted molar refractivity (Wildman–Crippen MR) is 82.2 cm³/mol. The Hall–Kier alpha value is -2.87. The number of carbonyl (C=O) groups excluding carboxylic acids is 1. The average molecular weight is 280 g/mol. The average Bonchev–Trinajstić information content (AvgIpc) is 2.48. The van der Waals surface area contributed by atoms with E-state index < -0.39 is 0 Å². The SMILES string of the molecule is CCNc1ccnc(C(=O)Nc2cccc(C)c2C#N)c1. The number of benzene rings is 1. The molecule has 1 amide bonds. The standard InChI is InChI=1S/C16H16N4O/c1-3-18-12-7-8-19-15(9-12)16(21)20-14-6-4-5-11(2)13(14)10-17/h4-9H,3H2,1-2H3,(H,18,19)(H,20,21). The zero-order valence-corrected chi connectivity index (χ0v) is 12.0. The van der Waals surface area contributed by atoms with Gasteiger partial charge >= 0.3 is 0 Å². The molecule has 5 heteroatoms. The van der Waals surface area contributed by atoms with Gasteiger partial charge in [-0.1, -0.05) is 12.1 Å². The number of nitrogens with zero attached hydrogens (tertiary/aromatic N) is 2. The first-order valence-corrected chi connectivity index (χ1v) is 6.66. The maximum atomic E-state index is 12.2. The first kappa shape index (κ1) is 14.5. The number of carbonyl (C=O) groups is 1. The molecule has 0 radical (unpaired) electrons. The van der Waals surface area contributed by atoms with Crippen LogP contribution in [-0.4, -0.2) is 17.4 Å². The lowest BCUT2D eigenvalue weighted by Gasteiger charge is -2.09. The largest absolute Gasteiger partial charge is 0.385 e. The molecular weight excluding hydrogens is 264 g/mol. The van der Waals surface area contributed by atoms with E-state index in [0.717, 1.165) is 17.8 Å². The van der Waals surface area contributed by atoms with Gasteiger partial charge in [-0.15, -0.1) is 0 Å². The summed E-state index contributed by atoms with van der Waals surface area (Å²) in [6.45, 7) is 4.58. The van der Waals surface area contributed by atoms with E-state index in [0.29, 0.717) is 16.9 Å². The van der Waals surface area contributed by atoms with Crippen molar-refractivity contribution in [1.82, 2.24) is 4.98 Å². The van der Waals surface area contributed by atoms with Gasteiger partial charge in [-0.05, 0) is 37.6 Å². The van der Waals surface area contributed by atoms with Crippen molar-refractivity contribution < 1.29 is 4.79 Å². The number of aryl methyl sites for hydroxylation is 1. The Kier molecular flexibility index (Phi) is 4.52. The van der Waals surface area contributed by atoms with Crippen LogP contribution in [0.4, 0.5) is 11.4 Å². The summed E-state index contributed by atoms with van der Waals surface area (Å²) in [5, 5.41) is 15.0. The van der Waals surface area contributed by atoms with Crippen molar-refractivity contribution in [2.24, 2.45) is 0 Å². The van der Waals surface area contributed by atoms with Crippen LogP contribution in [-0.2, 0) is 0 Å². The third-order valence-electron chi connectivity index (χ3n) is 3.01. The number of nitriles is 1. The Labute approximate surface area is 123 Å². The van der Waals surface area contributed by atoms with Gasteiger partial charge in [0.25, 0.3) is 5.91 Å². The summed E-state index contributed by atoms with van der Waals surface area (Å²) in [4.78, 5) is 16.3. The fraction of sp³-hybridized carbons (Fsp3) is 0.188. The second-order valence-electron chi connectivity index (χ2n) is 4.52. The van der Waals surface area contributed by atoms with Crippen molar-refractivity contribution in [2.75, 3.05) is 17.2 Å². The van der Waals surface area contributed by atoms with Crippen molar-refractivity contribution in [3.63, 3.8) is 0 Å². The number of pyridine rings is 1. The number of anilines is 2. The van der Waals surface area contributed by atoms with Gasteiger partial charge in [0.2, 0.25) is 0 Å². The maximum Gasteiger partial charge on any atom is 0.274 e. The molecule has 0 spiro atoms. The maximum absolute atomic E-state index is 12.2. The van der Waals surface area contributed by atoms with Crippen LogP contribution in [0.15, 0.2) is 36.5 Å². The normalized spacial score (nSPS) is 9.76. The minimum absolute atomic E-state index is 0.304. The van der Waals surface area contributed by atoms with E-state index in [1.54, 1.807) is 30.5 Å². The Bertz CT molecular complexity index is 704. The van der Waals surface area contributed by atoms with Gasteiger partial charge in [0.1, 0.15) is 11.8 Å². The van der Waals surface area contributed by atoms with Crippen molar-refractivity contribution in [3.8, 4) is 6.07 Å². The van der Waals surface area contributed by atoms with Crippen LogP contribution in [0.3, 0.4) is 0 Å². The van der Waals surface area contributed by atoms with Crippen LogP contribution in [0.25, 0.3) is 0 Å². The third kappa shape index (κ3) is 3.37. The molecule has 0 aliphatic heterocycles. The Morgan fingerprint density at radius 2 is 2.19 bits per heavy atom. The Morgan fingerprint density at radius 1 is 1.38 bits per heavy atom. The molecule has 21 heavy (non-hydrogen) atoms. The second kappa shape index (κ2) is 6.53. The summed E-state index contributed by atoms with van der Waals surface area (Å²) in [5.74, 6) is -0.336. The lowest BCUT2D eigenvalue weighted by atomic mass is 10.1. The smallest absolute Gasteiger partial charge is 0.274 e. The van der Waals surface area contributed by atoms with E-state index in [9.17, 15) is 4.79 Å². The number of amides is 1. The van der Waals surface area contributed by atoms with Gasteiger partial charge in [0.15, 0.2) is 0 Å². The van der Waals surface area contributed by atoms with Crippen LogP contribution in [0.2, 0.25) is 0 Å². The molecule has 0 aliphatic rings. The van der Waals surface area contributed by atoms with Crippen molar-refractivity contribution in [1.29, 1.82) is 5.26 Å². The molecule has 1 aromatic carbocycles. The van der Waals surface area contributed by atoms with Gasteiger partial charge in [-0.2, -0.15) is 5.26 Å². The van der Waals surface area contributed by atoms with Gasteiger partial charge in [0, 0.05) is 18.4 Å². The molecule has 0 atom stereocenters. The molecule has 106 valence electrons. The summed E-state index contributed by atoms with van der Waals surface area (Å²) in [5.41, 5.74) is 2.93. The van der Waals surface area contributed by atoms with E-state index in [4.69, 9.17) is 5.26 Å². The summed E-state index contributed by atoms with van der Waals surface area (Å²) in [6, 6.07) is 10.9. The van der Waals surface area contributed by atoms with Crippen LogP contribution in [0.1, 0.15) is 28.5 Å². The van der Waals surface area contributed by atoms with E-state index >= 15 is 0 Å². The highest BCUT2D eigenvalue weighted by molar-refractivity contribution is 6.04. The molecule has 2 rings (SSSR count). The van der Waals surface area contributed by atoms with E-state index in [1.165, 1.54) is 0 Å². The van der Waals surface area contributed by atoms with Crippen molar-refractivity contribution >= 4 is 17.3 Å². The fourth-order valence-corrected chi connectivity index (χ4v) is 1.98. The summed E-state index contributed by atoms with van der Waals surface area (Å²) in [7, 11) is 0. The molecular formula is C16H16N4O. The van der Waals surface area contributed by atoms with Crippen LogP contribution in [0, 0.1) is 18.3 Å². The number of nitrogens with one attached hydrogen (secondary N) is 2. The highest BCUT2D eigenvalue weighted by atomic mass is 16.1. The minimum Gasteiger partial charge on any atom is -0.385 e. The number of aromatic nitrogens is 1. The molecule has 0 fully saturated rings. The zero-order chi connectivity index (χ0) is 15.2. The molecule has 0 aliphatic carbocycles. The molecule has 2 aromatic rings. The monoisotopic (exact) mass is 280 g/mol. The number of hydrogen-bond acceptors (Lipinski definition) is 4. The van der Waals surface area contributed by atoms with E-state index in [2.05, 4.69) is 21.7 Å². The lowest BCUT2D eigenvalue weighted by Crippen LogP contribution is -2.15. The van der Waals surface area contributed by atoms with Crippen LogP contribution in [0.5, 0.6) is 0 Å². The van der Waals surface area contributed by atoms with E-state index in [1.807, 2.05) is 19.9 Å². The molecule has 5 nitrogen and oxygen atoms in total. The first-order chi connectivity index (χ1) is 10.2. The fourth-order valence-electron chi connectivity index (χ4n) is 1.98. The molecule has 1 aromatic heterocycles. The van der Waals surface area contributed by atoms with Gasteiger partial charge in [-0.25, -0.2) is 0 Å². The minimum atomic E-state index is -0.336. The lowest BCUT2D eigenvalue weighted by molar-refractivity contribution is 0.102. The van der Waals surface area contributed by atoms with Gasteiger partial charge < -0.3 is 10.6 Å². The molecule has 1 heterocycles. The summed E-state index contributed by atoms with van der Waals surface area (Å²) < 4.78 is 0. The zero-order valence-electron chi connectivity index (χ0n) is 12.0. The predicted octanol–water partition coefficient (Wildman–Crippen LogP) is 2.95. The highest BCUT2D eigenvalue weighted by Gasteiger charge is 2.12. The van der Waals surface area contributed by atoms with Crippen molar-refractivity contribution in [2.45, 2.75) is 13.8 Å². The molecule has 2 N–H and O–H groups in total. The van der Waals surface area contributed by atoms with Gasteiger partial charge in [-0.3, -0.25) is 9.78 Å². The number of hydrogen-bond donors (Lipinski definition) is 2. The van der Waals surface area contributed by atoms with E-state index in [-0.39, 0.29) is 5.91 Å². The first-order valence-electron chi connectivity index (χ1n) is 6.66. The summed E-state index contributed by atoms with van der Waals surface area (Å²) in [6.07, 6.45) is 1.58. The topological polar surface area (TPSA) is 77.8 Å². The molecule has 0 saturated carbocycles.